The summed E-state index contributed by atoms with van der Waals surface area (Å²) in [7, 11) is 0. The molecule has 4 nitrogen and oxygen atoms in total. The zero-order chi connectivity index (χ0) is 14.7. The van der Waals surface area contributed by atoms with Crippen LogP contribution in [0.3, 0.4) is 0 Å². The molecule has 1 atom stereocenters. The van der Waals surface area contributed by atoms with Gasteiger partial charge >= 0.3 is 5.97 Å². The molecule has 2 rings (SSSR count). The van der Waals surface area contributed by atoms with Crippen LogP contribution in [0, 0.1) is 5.92 Å². The lowest BCUT2D eigenvalue weighted by molar-refractivity contribution is -0.139. The van der Waals surface area contributed by atoms with Crippen LogP contribution >= 0.6 is 11.8 Å². The summed E-state index contributed by atoms with van der Waals surface area (Å²) in [5.41, 5.74) is 0.505. The van der Waals surface area contributed by atoms with E-state index >= 15 is 0 Å². The molecule has 20 heavy (non-hydrogen) atoms. The number of benzene rings is 1. The van der Waals surface area contributed by atoms with E-state index in [4.69, 9.17) is 5.11 Å². The second-order valence-electron chi connectivity index (χ2n) is 5.32. The Hall–Kier alpha value is -1.49. The number of carboxylic acids is 1. The molecule has 0 aliphatic heterocycles. The van der Waals surface area contributed by atoms with Crippen LogP contribution in [0.15, 0.2) is 29.2 Å². The molecule has 5 heteroatoms. The van der Waals surface area contributed by atoms with Crippen molar-refractivity contribution in [1.29, 1.82) is 0 Å². The summed E-state index contributed by atoms with van der Waals surface area (Å²) in [4.78, 5) is 24.3. The molecule has 0 spiro atoms. The molecule has 1 aromatic carbocycles. The summed E-state index contributed by atoms with van der Waals surface area (Å²) in [6, 6.07) is 6.52. The third-order valence-electron chi connectivity index (χ3n) is 3.13. The maximum atomic E-state index is 12.0. The zero-order valence-electron chi connectivity index (χ0n) is 11.6. The van der Waals surface area contributed by atoms with Gasteiger partial charge in [0.25, 0.3) is 5.91 Å². The summed E-state index contributed by atoms with van der Waals surface area (Å²) in [6.07, 6.45) is 1.75. The highest BCUT2D eigenvalue weighted by Gasteiger charge is 2.37. The molecule has 1 unspecified atom stereocenters. The van der Waals surface area contributed by atoms with E-state index in [1.807, 2.05) is 12.1 Å². The van der Waals surface area contributed by atoms with Crippen molar-refractivity contribution >= 4 is 23.6 Å². The van der Waals surface area contributed by atoms with Gasteiger partial charge in [0.2, 0.25) is 0 Å². The Morgan fingerprint density at radius 1 is 1.25 bits per heavy atom. The Balaban J connectivity index is 1.99. The number of hydrogen-bond donors (Lipinski definition) is 2. The van der Waals surface area contributed by atoms with E-state index in [2.05, 4.69) is 19.2 Å². The number of carboxylic acid groups (broad SMARTS) is 1. The number of nitrogens with one attached hydrogen (secondary N) is 1. The Bertz CT molecular complexity index is 494. The molecule has 0 bridgehead atoms. The molecule has 1 aliphatic rings. The Labute approximate surface area is 123 Å². The highest BCUT2D eigenvalue weighted by atomic mass is 32.2. The fourth-order valence-electron chi connectivity index (χ4n) is 1.99. The molecule has 1 saturated carbocycles. The molecule has 108 valence electrons. The number of aliphatic carboxylic acids is 1. The number of thioether (sulfide) groups is 1. The molecule has 1 fully saturated rings. The number of carbonyl (C=O) groups is 2. The molecule has 0 radical (unpaired) electrons. The first-order chi connectivity index (χ1) is 9.47. The van der Waals surface area contributed by atoms with Crippen molar-refractivity contribution < 1.29 is 14.7 Å². The highest BCUT2D eigenvalue weighted by Crippen LogP contribution is 2.33. The van der Waals surface area contributed by atoms with Crippen LogP contribution in [-0.2, 0) is 4.79 Å². The first-order valence-electron chi connectivity index (χ1n) is 6.77. The monoisotopic (exact) mass is 293 g/mol. The van der Waals surface area contributed by atoms with Gasteiger partial charge in [-0.1, -0.05) is 13.8 Å². The minimum Gasteiger partial charge on any atom is -0.480 e. The quantitative estimate of drug-likeness (QED) is 0.792. The van der Waals surface area contributed by atoms with Crippen molar-refractivity contribution in [1.82, 2.24) is 5.32 Å². The Kier molecular flexibility index (Phi) is 4.70. The minimum atomic E-state index is -0.951. The standard InChI is InChI=1S/C15H19NO3S/c1-9(2)20-12-7-5-11(6-8-12)14(17)16-13(15(18)19)10-3-4-10/h5-10,13H,3-4H2,1-2H3,(H,16,17)(H,18,19). The second kappa shape index (κ2) is 6.31. The molecule has 1 aromatic rings. The van der Waals surface area contributed by atoms with E-state index in [1.165, 1.54) is 0 Å². The number of rotatable bonds is 6. The SMILES string of the molecule is CC(C)Sc1ccc(C(=O)NC(C(=O)O)C2CC2)cc1. The predicted molar refractivity (Wildman–Crippen MR) is 79.0 cm³/mol. The fraction of sp³-hybridized carbons (Fsp3) is 0.467. The lowest BCUT2D eigenvalue weighted by Gasteiger charge is -2.13. The van der Waals surface area contributed by atoms with Gasteiger partial charge in [-0.05, 0) is 43.0 Å². The maximum absolute atomic E-state index is 12.0. The smallest absolute Gasteiger partial charge is 0.326 e. The van der Waals surface area contributed by atoms with Crippen LogP contribution in [0.4, 0.5) is 0 Å². The summed E-state index contributed by atoms with van der Waals surface area (Å²) >= 11 is 1.73. The van der Waals surface area contributed by atoms with E-state index in [0.717, 1.165) is 17.7 Å². The number of carbonyl (C=O) groups excluding carboxylic acids is 1. The first kappa shape index (κ1) is 14.9. The Morgan fingerprint density at radius 2 is 1.85 bits per heavy atom. The van der Waals surface area contributed by atoms with E-state index in [9.17, 15) is 9.59 Å². The van der Waals surface area contributed by atoms with Crippen molar-refractivity contribution in [2.24, 2.45) is 5.92 Å². The van der Waals surface area contributed by atoms with Gasteiger partial charge in [-0.3, -0.25) is 4.79 Å². The topological polar surface area (TPSA) is 66.4 Å². The van der Waals surface area contributed by atoms with Crippen LogP contribution in [-0.4, -0.2) is 28.3 Å². The van der Waals surface area contributed by atoms with E-state index < -0.39 is 12.0 Å². The summed E-state index contributed by atoms with van der Waals surface area (Å²) in [6.45, 7) is 4.22. The largest absolute Gasteiger partial charge is 0.480 e. The average Bonchev–Trinajstić information content (AvgIpc) is 3.19. The van der Waals surface area contributed by atoms with Gasteiger partial charge in [0, 0.05) is 15.7 Å². The van der Waals surface area contributed by atoms with E-state index in [0.29, 0.717) is 10.8 Å². The lowest BCUT2D eigenvalue weighted by atomic mass is 10.1. The molecular weight excluding hydrogens is 274 g/mol. The van der Waals surface area contributed by atoms with Crippen LogP contribution in [0.2, 0.25) is 0 Å². The maximum Gasteiger partial charge on any atom is 0.326 e. The third kappa shape index (κ3) is 4.00. The molecule has 0 heterocycles. The molecule has 1 amide bonds. The predicted octanol–water partition coefficient (Wildman–Crippen LogP) is 2.78. The van der Waals surface area contributed by atoms with Gasteiger partial charge in [0.15, 0.2) is 0 Å². The van der Waals surface area contributed by atoms with Crippen molar-refractivity contribution in [2.75, 3.05) is 0 Å². The van der Waals surface area contributed by atoms with Gasteiger partial charge in [0.1, 0.15) is 6.04 Å². The molecule has 2 N–H and O–H groups in total. The van der Waals surface area contributed by atoms with Gasteiger partial charge in [-0.2, -0.15) is 0 Å². The van der Waals surface area contributed by atoms with Gasteiger partial charge in [-0.25, -0.2) is 4.79 Å². The van der Waals surface area contributed by atoms with E-state index in [-0.39, 0.29) is 11.8 Å². The van der Waals surface area contributed by atoms with Gasteiger partial charge in [0.05, 0.1) is 0 Å². The van der Waals surface area contributed by atoms with Crippen LogP contribution in [0.25, 0.3) is 0 Å². The molecule has 0 aromatic heterocycles. The van der Waals surface area contributed by atoms with Crippen molar-refractivity contribution in [3.63, 3.8) is 0 Å². The fourth-order valence-corrected chi connectivity index (χ4v) is 2.83. The Morgan fingerprint density at radius 3 is 2.30 bits per heavy atom. The van der Waals surface area contributed by atoms with Crippen molar-refractivity contribution in [3.05, 3.63) is 29.8 Å². The summed E-state index contributed by atoms with van der Waals surface area (Å²) < 4.78 is 0. The minimum absolute atomic E-state index is 0.0900. The highest BCUT2D eigenvalue weighted by molar-refractivity contribution is 7.99. The number of hydrogen-bond acceptors (Lipinski definition) is 3. The molecule has 0 saturated heterocycles. The van der Waals surface area contributed by atoms with Crippen molar-refractivity contribution in [3.8, 4) is 0 Å². The molecule has 1 aliphatic carbocycles. The summed E-state index contributed by atoms with van der Waals surface area (Å²) in [5.74, 6) is -1.18. The van der Waals surface area contributed by atoms with Crippen LogP contribution in [0.5, 0.6) is 0 Å². The molecular formula is C15H19NO3S. The second-order valence-corrected chi connectivity index (χ2v) is 6.97. The lowest BCUT2D eigenvalue weighted by Crippen LogP contribution is -2.42. The average molecular weight is 293 g/mol. The number of amides is 1. The van der Waals surface area contributed by atoms with E-state index in [1.54, 1.807) is 23.9 Å². The van der Waals surface area contributed by atoms with Gasteiger partial charge in [-0.15, -0.1) is 11.8 Å². The zero-order valence-corrected chi connectivity index (χ0v) is 12.4. The van der Waals surface area contributed by atoms with Crippen molar-refractivity contribution in [2.45, 2.75) is 42.9 Å². The van der Waals surface area contributed by atoms with Crippen LogP contribution in [0.1, 0.15) is 37.0 Å². The third-order valence-corrected chi connectivity index (χ3v) is 4.15. The van der Waals surface area contributed by atoms with Gasteiger partial charge < -0.3 is 10.4 Å². The normalized spacial score (nSPS) is 15.9. The summed E-state index contributed by atoms with van der Waals surface area (Å²) in [5, 5.41) is 12.2. The van der Waals surface area contributed by atoms with Crippen LogP contribution < -0.4 is 5.32 Å². The first-order valence-corrected chi connectivity index (χ1v) is 7.65.